The number of aromatic hydroxyl groups is 1. The molecule has 24 heavy (non-hydrogen) atoms. The maximum Gasteiger partial charge on any atom is 0.416 e. The molecule has 7 nitrogen and oxygen atoms in total. The molecule has 0 saturated carbocycles. The van der Waals surface area contributed by atoms with Crippen molar-refractivity contribution in [2.24, 2.45) is 0 Å². The van der Waals surface area contributed by atoms with E-state index in [1.54, 1.807) is 0 Å². The number of sulfonamides is 1. The van der Waals surface area contributed by atoms with E-state index >= 15 is 0 Å². The van der Waals surface area contributed by atoms with E-state index in [-0.39, 0.29) is 5.69 Å². The molecule has 0 amide bonds. The molecule has 2 aromatic carbocycles. The first-order valence-electron chi connectivity index (χ1n) is 6.18. The summed E-state index contributed by atoms with van der Waals surface area (Å²) in [5.74, 6) is -0.714. The number of hydrogen-bond donors (Lipinski definition) is 2. The fourth-order valence-corrected chi connectivity index (χ4v) is 2.84. The number of halogens is 3. The van der Waals surface area contributed by atoms with Crippen LogP contribution in [0.4, 0.5) is 24.5 Å². The third-order valence-corrected chi connectivity index (χ3v) is 4.30. The monoisotopic (exact) mass is 362 g/mol. The number of nitrogens with one attached hydrogen (secondary N) is 1. The Bertz CT molecular complexity index is 879. The van der Waals surface area contributed by atoms with Crippen molar-refractivity contribution < 1.29 is 31.6 Å². The van der Waals surface area contributed by atoms with Crippen LogP contribution in [0.15, 0.2) is 47.4 Å². The Morgan fingerprint density at radius 2 is 1.67 bits per heavy atom. The molecule has 0 fully saturated rings. The quantitative estimate of drug-likeness (QED) is 0.641. The van der Waals surface area contributed by atoms with Crippen LogP contribution in [0.25, 0.3) is 0 Å². The molecule has 0 spiro atoms. The van der Waals surface area contributed by atoms with E-state index in [0.717, 1.165) is 24.3 Å². The van der Waals surface area contributed by atoms with Gasteiger partial charge in [0.15, 0.2) is 5.75 Å². The summed E-state index contributed by atoms with van der Waals surface area (Å²) in [5.41, 5.74) is -1.92. The number of anilines is 1. The second-order valence-electron chi connectivity index (χ2n) is 4.59. The second-order valence-corrected chi connectivity index (χ2v) is 6.27. The molecular weight excluding hydrogens is 353 g/mol. The van der Waals surface area contributed by atoms with Gasteiger partial charge in [-0.3, -0.25) is 14.8 Å². The molecule has 0 aliphatic heterocycles. The van der Waals surface area contributed by atoms with Crippen molar-refractivity contribution in [1.82, 2.24) is 0 Å². The highest BCUT2D eigenvalue weighted by molar-refractivity contribution is 7.92. The summed E-state index contributed by atoms with van der Waals surface area (Å²) in [4.78, 5) is 9.23. The lowest BCUT2D eigenvalue weighted by molar-refractivity contribution is -0.386. The summed E-state index contributed by atoms with van der Waals surface area (Å²) in [6, 6.07) is 5.61. The van der Waals surface area contributed by atoms with Gasteiger partial charge < -0.3 is 5.11 Å². The van der Waals surface area contributed by atoms with E-state index in [1.807, 2.05) is 4.72 Å². The molecule has 2 rings (SSSR count). The number of nitro benzene ring substituents is 1. The zero-order valence-corrected chi connectivity index (χ0v) is 12.4. The SMILES string of the molecule is O=[N+]([O-])c1cc(S(=O)(=O)Nc2ccc(C(F)(F)F)cc2)ccc1O. The zero-order valence-electron chi connectivity index (χ0n) is 11.6. The Labute approximate surface area is 133 Å². The van der Waals surface area contributed by atoms with Crippen molar-refractivity contribution in [2.45, 2.75) is 11.1 Å². The average molecular weight is 362 g/mol. The van der Waals surface area contributed by atoms with Gasteiger partial charge in [-0.05, 0) is 36.4 Å². The number of benzene rings is 2. The van der Waals surface area contributed by atoms with Crippen LogP contribution < -0.4 is 4.72 Å². The third kappa shape index (κ3) is 3.74. The Morgan fingerprint density at radius 1 is 1.08 bits per heavy atom. The normalized spacial score (nSPS) is 12.0. The molecule has 0 heterocycles. The number of hydrogen-bond acceptors (Lipinski definition) is 5. The van der Waals surface area contributed by atoms with E-state index in [0.29, 0.717) is 18.2 Å². The number of phenolic OH excluding ortho intramolecular Hbond substituents is 1. The summed E-state index contributed by atoms with van der Waals surface area (Å²) < 4.78 is 63.6. The number of nitro groups is 1. The van der Waals surface area contributed by atoms with Gasteiger partial charge in [0.1, 0.15) is 0 Å². The molecule has 0 bridgehead atoms. The van der Waals surface area contributed by atoms with Gasteiger partial charge in [-0.2, -0.15) is 13.2 Å². The van der Waals surface area contributed by atoms with Gasteiger partial charge in [0.05, 0.1) is 15.4 Å². The highest BCUT2D eigenvalue weighted by Gasteiger charge is 2.30. The second kappa shape index (κ2) is 6.00. The van der Waals surface area contributed by atoms with Crippen LogP contribution >= 0.6 is 0 Å². The van der Waals surface area contributed by atoms with Crippen molar-refractivity contribution in [1.29, 1.82) is 0 Å². The minimum Gasteiger partial charge on any atom is -0.502 e. The van der Waals surface area contributed by atoms with Gasteiger partial charge in [0.2, 0.25) is 0 Å². The Balaban J connectivity index is 2.32. The average Bonchev–Trinajstić information content (AvgIpc) is 2.46. The van der Waals surface area contributed by atoms with Gasteiger partial charge in [-0.15, -0.1) is 0 Å². The Hall–Kier alpha value is -2.82. The fourth-order valence-electron chi connectivity index (χ4n) is 1.76. The summed E-state index contributed by atoms with van der Waals surface area (Å²) in [6.07, 6.45) is -4.56. The number of rotatable bonds is 4. The molecule has 0 saturated heterocycles. The molecule has 0 aromatic heterocycles. The maximum absolute atomic E-state index is 12.5. The van der Waals surface area contributed by atoms with Crippen LogP contribution in [0.5, 0.6) is 5.75 Å². The molecule has 2 N–H and O–H groups in total. The van der Waals surface area contributed by atoms with Gasteiger partial charge in [0.25, 0.3) is 10.0 Å². The molecule has 11 heteroatoms. The van der Waals surface area contributed by atoms with Gasteiger partial charge >= 0.3 is 11.9 Å². The smallest absolute Gasteiger partial charge is 0.416 e. The van der Waals surface area contributed by atoms with E-state index in [1.165, 1.54) is 0 Å². The minimum atomic E-state index is -4.56. The standard InChI is InChI=1S/C13H9F3N2O5S/c14-13(15,16)8-1-3-9(4-2-8)17-24(22,23)10-5-6-12(19)11(7-10)18(20)21/h1-7,17,19H. The number of nitrogens with zero attached hydrogens (tertiary/aromatic N) is 1. The first-order chi connectivity index (χ1) is 11.0. The van der Waals surface area contributed by atoms with Crippen molar-refractivity contribution >= 4 is 21.4 Å². The molecule has 2 aromatic rings. The Morgan fingerprint density at radius 3 is 2.17 bits per heavy atom. The van der Waals surface area contributed by atoms with Crippen LogP contribution in [-0.4, -0.2) is 18.4 Å². The van der Waals surface area contributed by atoms with Gasteiger partial charge in [-0.1, -0.05) is 0 Å². The number of phenols is 1. The lowest BCUT2D eigenvalue weighted by atomic mass is 10.2. The first-order valence-corrected chi connectivity index (χ1v) is 7.66. The van der Waals surface area contributed by atoms with Crippen molar-refractivity contribution in [3.63, 3.8) is 0 Å². The van der Waals surface area contributed by atoms with Gasteiger partial charge in [0, 0.05) is 11.8 Å². The highest BCUT2D eigenvalue weighted by Crippen LogP contribution is 2.31. The molecule has 0 atom stereocenters. The topological polar surface area (TPSA) is 110 Å². The maximum atomic E-state index is 12.5. The zero-order chi connectivity index (χ0) is 18.1. The number of alkyl halides is 3. The summed E-state index contributed by atoms with van der Waals surface area (Å²) in [7, 11) is -4.28. The van der Waals surface area contributed by atoms with E-state index in [4.69, 9.17) is 0 Å². The Kier molecular flexibility index (Phi) is 4.38. The molecule has 0 unspecified atom stereocenters. The predicted molar refractivity (Wildman–Crippen MR) is 77.0 cm³/mol. The summed E-state index contributed by atoms with van der Waals surface area (Å²) in [6.45, 7) is 0. The summed E-state index contributed by atoms with van der Waals surface area (Å²) in [5, 5.41) is 20.0. The van der Waals surface area contributed by atoms with Crippen LogP contribution in [0.3, 0.4) is 0 Å². The molecular formula is C13H9F3N2O5S. The third-order valence-electron chi connectivity index (χ3n) is 2.92. The molecule has 0 radical (unpaired) electrons. The van der Waals surface area contributed by atoms with Crippen LogP contribution in [-0.2, 0) is 16.2 Å². The van der Waals surface area contributed by atoms with E-state index in [2.05, 4.69) is 0 Å². The lowest BCUT2D eigenvalue weighted by Gasteiger charge is -2.10. The fraction of sp³-hybridized carbons (Fsp3) is 0.0769. The lowest BCUT2D eigenvalue weighted by Crippen LogP contribution is -2.13. The van der Waals surface area contributed by atoms with Crippen LogP contribution in [0.1, 0.15) is 5.56 Å². The largest absolute Gasteiger partial charge is 0.502 e. The van der Waals surface area contributed by atoms with Crippen LogP contribution in [0, 0.1) is 10.1 Å². The van der Waals surface area contributed by atoms with Crippen molar-refractivity contribution in [2.75, 3.05) is 4.72 Å². The molecule has 128 valence electrons. The van der Waals surface area contributed by atoms with E-state index < -0.39 is 43.0 Å². The van der Waals surface area contributed by atoms with Crippen LogP contribution in [0.2, 0.25) is 0 Å². The molecule has 0 aliphatic carbocycles. The minimum absolute atomic E-state index is 0.154. The van der Waals surface area contributed by atoms with Crippen molar-refractivity contribution in [3.05, 3.63) is 58.1 Å². The summed E-state index contributed by atoms with van der Waals surface area (Å²) >= 11 is 0. The van der Waals surface area contributed by atoms with Gasteiger partial charge in [-0.25, -0.2) is 8.42 Å². The first kappa shape index (κ1) is 17.5. The highest BCUT2D eigenvalue weighted by atomic mass is 32.2. The van der Waals surface area contributed by atoms with E-state index in [9.17, 15) is 36.8 Å². The molecule has 0 aliphatic rings. The predicted octanol–water partition coefficient (Wildman–Crippen LogP) is 3.12. The van der Waals surface area contributed by atoms with Crippen molar-refractivity contribution in [3.8, 4) is 5.75 Å².